The van der Waals surface area contributed by atoms with Crippen LogP contribution in [0.4, 0.5) is 4.39 Å². The summed E-state index contributed by atoms with van der Waals surface area (Å²) in [6, 6.07) is 14.7. The number of halogens is 1. The van der Waals surface area contributed by atoms with Crippen molar-refractivity contribution in [2.24, 2.45) is 0 Å². The molecule has 0 radical (unpaired) electrons. The Balaban J connectivity index is 1.62. The van der Waals surface area contributed by atoms with Crippen LogP contribution in [0.15, 0.2) is 71.9 Å². The van der Waals surface area contributed by atoms with Crippen molar-refractivity contribution in [3.63, 3.8) is 0 Å². The SMILES string of the molecule is Cc1ccc(S(=O)(=O)N2[C@@H](CCCn3cccn3)CC[C@H]2c2ccc(F)cc2)cc1. The fourth-order valence-electron chi connectivity index (χ4n) is 4.25. The highest BCUT2D eigenvalue weighted by Crippen LogP contribution is 2.42. The summed E-state index contributed by atoms with van der Waals surface area (Å²) in [4.78, 5) is 0.305. The Hall–Kier alpha value is -2.51. The summed E-state index contributed by atoms with van der Waals surface area (Å²) in [5.41, 5.74) is 1.85. The van der Waals surface area contributed by atoms with Gasteiger partial charge in [-0.2, -0.15) is 9.40 Å². The molecule has 1 aliphatic rings. The van der Waals surface area contributed by atoms with Crippen molar-refractivity contribution in [3.05, 3.63) is 83.9 Å². The van der Waals surface area contributed by atoms with Gasteiger partial charge >= 0.3 is 0 Å². The van der Waals surface area contributed by atoms with E-state index in [2.05, 4.69) is 5.10 Å². The van der Waals surface area contributed by atoms with Gasteiger partial charge < -0.3 is 0 Å². The third-order valence-corrected chi connectivity index (χ3v) is 7.75. The Morgan fingerprint density at radius 3 is 2.47 bits per heavy atom. The molecular weight excluding hydrogens is 401 g/mol. The fraction of sp³-hybridized carbons (Fsp3) is 0.348. The molecule has 0 aliphatic carbocycles. The third kappa shape index (κ3) is 4.32. The topological polar surface area (TPSA) is 55.2 Å². The van der Waals surface area contributed by atoms with Crippen LogP contribution in [-0.4, -0.2) is 28.5 Å². The monoisotopic (exact) mass is 427 g/mol. The van der Waals surface area contributed by atoms with Crippen molar-refractivity contribution in [1.29, 1.82) is 0 Å². The summed E-state index contributed by atoms with van der Waals surface area (Å²) in [5, 5.41) is 4.22. The molecule has 30 heavy (non-hydrogen) atoms. The number of rotatable bonds is 7. The molecule has 0 bridgehead atoms. The largest absolute Gasteiger partial charge is 0.273 e. The first-order valence-electron chi connectivity index (χ1n) is 10.3. The highest BCUT2D eigenvalue weighted by Gasteiger charge is 2.42. The van der Waals surface area contributed by atoms with E-state index in [0.717, 1.165) is 43.4 Å². The summed E-state index contributed by atoms with van der Waals surface area (Å²) >= 11 is 0. The zero-order chi connectivity index (χ0) is 21.1. The highest BCUT2D eigenvalue weighted by molar-refractivity contribution is 7.89. The van der Waals surface area contributed by atoms with Gasteiger partial charge in [0, 0.05) is 25.0 Å². The second kappa shape index (κ2) is 8.70. The van der Waals surface area contributed by atoms with Crippen molar-refractivity contribution in [2.75, 3.05) is 0 Å². The number of hydrogen-bond acceptors (Lipinski definition) is 3. The lowest BCUT2D eigenvalue weighted by Crippen LogP contribution is -2.37. The first kappa shape index (κ1) is 20.8. The number of aromatic nitrogens is 2. The van der Waals surface area contributed by atoms with Crippen LogP contribution in [-0.2, 0) is 16.6 Å². The van der Waals surface area contributed by atoms with Crippen LogP contribution < -0.4 is 0 Å². The molecule has 5 nitrogen and oxygen atoms in total. The van der Waals surface area contributed by atoms with Gasteiger partial charge in [-0.15, -0.1) is 0 Å². The van der Waals surface area contributed by atoms with Crippen LogP contribution >= 0.6 is 0 Å². The van der Waals surface area contributed by atoms with Gasteiger partial charge in [0.2, 0.25) is 10.0 Å². The predicted octanol–water partition coefficient (Wildman–Crippen LogP) is 4.71. The van der Waals surface area contributed by atoms with Gasteiger partial charge in [0.05, 0.1) is 10.9 Å². The minimum absolute atomic E-state index is 0.0954. The maximum absolute atomic E-state index is 13.6. The van der Waals surface area contributed by atoms with E-state index in [0.29, 0.717) is 4.90 Å². The lowest BCUT2D eigenvalue weighted by atomic mass is 10.0. The van der Waals surface area contributed by atoms with Crippen LogP contribution in [0.3, 0.4) is 0 Å². The summed E-state index contributed by atoms with van der Waals surface area (Å²) in [5.74, 6) is -0.319. The number of aryl methyl sites for hydroxylation is 2. The Morgan fingerprint density at radius 2 is 1.80 bits per heavy atom. The molecule has 2 atom stereocenters. The number of hydrogen-bond donors (Lipinski definition) is 0. The normalized spacial score (nSPS) is 19.9. The lowest BCUT2D eigenvalue weighted by Gasteiger charge is -2.30. The van der Waals surface area contributed by atoms with Crippen LogP contribution in [0.25, 0.3) is 0 Å². The van der Waals surface area contributed by atoms with Gasteiger partial charge in [-0.3, -0.25) is 4.68 Å². The Bertz CT molecular complexity index is 1060. The van der Waals surface area contributed by atoms with Gasteiger partial charge in [0.15, 0.2) is 0 Å². The smallest absolute Gasteiger partial charge is 0.243 e. The summed E-state index contributed by atoms with van der Waals surface area (Å²) in [6.07, 6.45) is 6.76. The Labute approximate surface area is 177 Å². The Morgan fingerprint density at radius 1 is 1.07 bits per heavy atom. The summed E-state index contributed by atoms with van der Waals surface area (Å²) < 4.78 is 44.2. The average molecular weight is 428 g/mol. The fourth-order valence-corrected chi connectivity index (χ4v) is 6.14. The predicted molar refractivity (Wildman–Crippen MR) is 114 cm³/mol. The number of benzene rings is 2. The molecule has 0 saturated carbocycles. The molecule has 0 amide bonds. The average Bonchev–Trinajstić information content (AvgIpc) is 3.39. The van der Waals surface area contributed by atoms with Crippen molar-refractivity contribution < 1.29 is 12.8 Å². The second-order valence-corrected chi connectivity index (χ2v) is 9.70. The molecule has 3 aromatic rings. The van der Waals surface area contributed by atoms with E-state index >= 15 is 0 Å². The van der Waals surface area contributed by atoms with Crippen molar-refractivity contribution >= 4 is 10.0 Å². The minimum atomic E-state index is -3.68. The van der Waals surface area contributed by atoms with Crippen molar-refractivity contribution in [1.82, 2.24) is 14.1 Å². The zero-order valence-electron chi connectivity index (χ0n) is 17.0. The van der Waals surface area contributed by atoms with Gasteiger partial charge in [-0.05, 0) is 68.5 Å². The second-order valence-electron chi connectivity index (χ2n) is 7.86. The molecule has 0 N–H and O–H groups in total. The van der Waals surface area contributed by atoms with E-state index in [9.17, 15) is 12.8 Å². The molecule has 7 heteroatoms. The molecule has 0 spiro atoms. The molecule has 1 fully saturated rings. The molecule has 0 unspecified atom stereocenters. The zero-order valence-corrected chi connectivity index (χ0v) is 17.8. The number of nitrogens with zero attached hydrogens (tertiary/aromatic N) is 3. The van der Waals surface area contributed by atoms with Gasteiger partial charge in [0.1, 0.15) is 5.82 Å². The highest BCUT2D eigenvalue weighted by atomic mass is 32.2. The van der Waals surface area contributed by atoms with E-state index in [1.165, 1.54) is 12.1 Å². The van der Waals surface area contributed by atoms with Crippen LogP contribution in [0, 0.1) is 12.7 Å². The minimum Gasteiger partial charge on any atom is -0.273 e. The van der Waals surface area contributed by atoms with E-state index in [-0.39, 0.29) is 17.9 Å². The molecule has 158 valence electrons. The molecular formula is C23H26FN3O2S. The third-order valence-electron chi connectivity index (χ3n) is 5.78. The van der Waals surface area contributed by atoms with Crippen LogP contribution in [0.2, 0.25) is 0 Å². The standard InChI is InChI=1S/C23H26FN3O2S/c1-18-5-12-22(13-6-18)30(28,29)27-21(4-2-16-26-17-3-15-25-26)11-14-23(27)19-7-9-20(24)10-8-19/h3,5-10,12-13,15,17,21,23H,2,4,11,14,16H2,1H3/t21-,23-/m0/s1. The maximum Gasteiger partial charge on any atom is 0.243 e. The van der Waals surface area contributed by atoms with Gasteiger partial charge in [0.25, 0.3) is 0 Å². The van der Waals surface area contributed by atoms with Crippen molar-refractivity contribution in [2.45, 2.75) is 56.1 Å². The van der Waals surface area contributed by atoms with E-state index in [4.69, 9.17) is 0 Å². The van der Waals surface area contributed by atoms with Crippen LogP contribution in [0.5, 0.6) is 0 Å². The maximum atomic E-state index is 13.6. The van der Waals surface area contributed by atoms with Crippen LogP contribution in [0.1, 0.15) is 42.9 Å². The first-order valence-corrected chi connectivity index (χ1v) is 11.7. The summed E-state index contributed by atoms with van der Waals surface area (Å²) in [6.45, 7) is 2.69. The molecule has 1 saturated heterocycles. The van der Waals surface area contributed by atoms with E-state index < -0.39 is 10.0 Å². The van der Waals surface area contributed by atoms with Crippen molar-refractivity contribution in [3.8, 4) is 0 Å². The van der Waals surface area contributed by atoms with E-state index in [1.54, 1.807) is 34.8 Å². The first-order chi connectivity index (χ1) is 14.4. The molecule has 4 rings (SSSR count). The number of sulfonamides is 1. The summed E-state index contributed by atoms with van der Waals surface area (Å²) in [7, 11) is -3.68. The Kier molecular flexibility index (Phi) is 6.01. The molecule has 1 aliphatic heterocycles. The van der Waals surface area contributed by atoms with Gasteiger partial charge in [-0.1, -0.05) is 29.8 Å². The molecule has 1 aromatic heterocycles. The lowest BCUT2D eigenvalue weighted by molar-refractivity contribution is 0.304. The van der Waals surface area contributed by atoms with E-state index in [1.807, 2.05) is 36.0 Å². The molecule has 2 heterocycles. The van der Waals surface area contributed by atoms with Gasteiger partial charge in [-0.25, -0.2) is 12.8 Å². The quantitative estimate of drug-likeness (QED) is 0.549. The molecule has 2 aromatic carbocycles.